The van der Waals surface area contributed by atoms with Crippen LogP contribution in [0.1, 0.15) is 24.1 Å². The molecule has 5 heteroatoms. The zero-order chi connectivity index (χ0) is 15.9. The summed E-state index contributed by atoms with van der Waals surface area (Å²) in [5.41, 5.74) is 2.02. The van der Waals surface area contributed by atoms with E-state index in [9.17, 15) is 4.79 Å². The smallest absolute Gasteiger partial charge is 0.275 e. The van der Waals surface area contributed by atoms with Gasteiger partial charge in [0.25, 0.3) is 5.91 Å². The van der Waals surface area contributed by atoms with Gasteiger partial charge in [0.1, 0.15) is 6.04 Å². The van der Waals surface area contributed by atoms with Crippen molar-refractivity contribution >= 4 is 29.1 Å². The summed E-state index contributed by atoms with van der Waals surface area (Å²) >= 11 is 12.1. The van der Waals surface area contributed by atoms with Gasteiger partial charge in [-0.15, -0.1) is 0 Å². The van der Waals surface area contributed by atoms with Crippen molar-refractivity contribution in [3.63, 3.8) is 0 Å². The van der Waals surface area contributed by atoms with E-state index in [4.69, 9.17) is 23.2 Å². The molecule has 3 nitrogen and oxygen atoms in total. The summed E-state index contributed by atoms with van der Waals surface area (Å²) in [7, 11) is 0. The van der Waals surface area contributed by atoms with E-state index in [-0.39, 0.29) is 11.9 Å². The number of amides is 1. The number of carbonyl (C=O) groups is 1. The van der Waals surface area contributed by atoms with Gasteiger partial charge < -0.3 is 10.6 Å². The summed E-state index contributed by atoms with van der Waals surface area (Å²) in [4.78, 5) is 11.9. The zero-order valence-electron chi connectivity index (χ0n) is 12.4. The number of rotatable bonds is 6. The Hall–Kier alpha value is -1.55. The number of carbonyl (C=O) groups excluding carboxylic acids is 1. The molecule has 3 N–H and O–H groups in total. The molecule has 0 aliphatic heterocycles. The van der Waals surface area contributed by atoms with Crippen LogP contribution in [0, 0.1) is 0 Å². The van der Waals surface area contributed by atoms with E-state index in [1.807, 2.05) is 60.8 Å². The Morgan fingerprint density at radius 3 is 2.68 bits per heavy atom. The lowest BCUT2D eigenvalue weighted by molar-refractivity contribution is -0.682. The minimum Gasteiger partial charge on any atom is -0.347 e. The summed E-state index contributed by atoms with van der Waals surface area (Å²) in [6, 6.07) is 15.3. The topological polar surface area (TPSA) is 45.7 Å². The van der Waals surface area contributed by atoms with Crippen LogP contribution in [0.15, 0.2) is 48.5 Å². The van der Waals surface area contributed by atoms with E-state index < -0.39 is 0 Å². The van der Waals surface area contributed by atoms with Crippen LogP contribution < -0.4 is 10.6 Å². The largest absolute Gasteiger partial charge is 0.347 e. The number of halogens is 2. The highest BCUT2D eigenvalue weighted by Gasteiger charge is 2.13. The second-order valence-corrected chi connectivity index (χ2v) is 6.00. The molecule has 0 heterocycles. The average Bonchev–Trinajstić information content (AvgIpc) is 2.51. The van der Waals surface area contributed by atoms with Crippen molar-refractivity contribution in [2.45, 2.75) is 19.5 Å². The molecule has 2 aromatic carbocycles. The van der Waals surface area contributed by atoms with Gasteiger partial charge in [-0.2, -0.15) is 0 Å². The monoisotopic (exact) mass is 337 g/mol. The number of quaternary nitrogens is 1. The maximum atomic E-state index is 11.9. The Kier molecular flexibility index (Phi) is 6.25. The molecule has 1 amide bonds. The maximum absolute atomic E-state index is 11.9. The molecule has 0 unspecified atom stereocenters. The first-order valence-corrected chi connectivity index (χ1v) is 7.91. The Labute approximate surface area is 140 Å². The number of nitrogens with one attached hydrogen (secondary N) is 1. The van der Waals surface area contributed by atoms with Crippen LogP contribution in [-0.4, -0.2) is 12.5 Å². The van der Waals surface area contributed by atoms with E-state index in [0.29, 0.717) is 18.1 Å². The first-order valence-electron chi connectivity index (χ1n) is 7.15. The number of nitrogens with two attached hydrogens (primary N) is 1. The highest BCUT2D eigenvalue weighted by molar-refractivity contribution is 6.31. The minimum absolute atomic E-state index is 0.0149. The van der Waals surface area contributed by atoms with Gasteiger partial charge in [-0.25, -0.2) is 0 Å². The van der Waals surface area contributed by atoms with Gasteiger partial charge in [0.05, 0.1) is 0 Å². The van der Waals surface area contributed by atoms with E-state index in [2.05, 4.69) is 5.32 Å². The molecule has 2 aromatic rings. The first kappa shape index (κ1) is 16.8. The molecule has 0 saturated heterocycles. The molecule has 0 bridgehead atoms. The van der Waals surface area contributed by atoms with E-state index in [0.717, 1.165) is 16.1 Å². The molecule has 116 valence electrons. The van der Waals surface area contributed by atoms with Crippen LogP contribution in [0.25, 0.3) is 0 Å². The summed E-state index contributed by atoms with van der Waals surface area (Å²) in [5.74, 6) is -0.0149. The van der Waals surface area contributed by atoms with Gasteiger partial charge >= 0.3 is 0 Å². The second-order valence-electron chi connectivity index (χ2n) is 5.16. The van der Waals surface area contributed by atoms with Gasteiger partial charge in [-0.3, -0.25) is 4.79 Å². The molecule has 0 saturated carbocycles. The Morgan fingerprint density at radius 1 is 1.18 bits per heavy atom. The molecule has 0 spiro atoms. The SMILES string of the molecule is C[C@H]([NH2+]CC(=O)NCc1cccc(Cl)c1)c1ccccc1Cl. The third-order valence-electron chi connectivity index (χ3n) is 3.43. The normalized spacial score (nSPS) is 12.0. The fourth-order valence-electron chi connectivity index (χ4n) is 2.17. The Balaban J connectivity index is 1.79. The first-order chi connectivity index (χ1) is 10.6. The summed E-state index contributed by atoms with van der Waals surface area (Å²) < 4.78 is 0. The molecule has 2 rings (SSSR count). The van der Waals surface area contributed by atoms with Gasteiger partial charge in [0.15, 0.2) is 6.54 Å². The van der Waals surface area contributed by atoms with E-state index in [1.54, 1.807) is 0 Å². The minimum atomic E-state index is -0.0149. The molecular formula is C17H19Cl2N2O+. The second kappa shape index (κ2) is 8.18. The fraction of sp³-hybridized carbons (Fsp3) is 0.235. The lowest BCUT2D eigenvalue weighted by atomic mass is 10.1. The average molecular weight is 338 g/mol. The third kappa shape index (κ3) is 5.02. The highest BCUT2D eigenvalue weighted by Crippen LogP contribution is 2.19. The standard InChI is InChI=1S/C17H18Cl2N2O/c1-12(15-7-2-3-8-16(15)19)20-11-17(22)21-10-13-5-4-6-14(18)9-13/h2-9,12,20H,10-11H2,1H3,(H,21,22)/p+1/t12-/m0/s1. The van der Waals surface area contributed by atoms with Crippen molar-refractivity contribution in [3.8, 4) is 0 Å². The quantitative estimate of drug-likeness (QED) is 0.836. The fourth-order valence-corrected chi connectivity index (χ4v) is 2.70. The molecule has 0 aliphatic rings. The summed E-state index contributed by atoms with van der Waals surface area (Å²) in [5, 5.41) is 6.25. The van der Waals surface area contributed by atoms with Gasteiger partial charge in [0, 0.05) is 22.2 Å². The number of hydrogen-bond donors (Lipinski definition) is 2. The van der Waals surface area contributed by atoms with Crippen molar-refractivity contribution in [1.82, 2.24) is 5.32 Å². The lowest BCUT2D eigenvalue weighted by Gasteiger charge is -2.12. The molecule has 1 atom stereocenters. The Bertz CT molecular complexity index is 646. The van der Waals surface area contributed by atoms with Crippen molar-refractivity contribution in [2.24, 2.45) is 0 Å². The molecular weight excluding hydrogens is 319 g/mol. The maximum Gasteiger partial charge on any atom is 0.275 e. The predicted molar refractivity (Wildman–Crippen MR) is 90.0 cm³/mol. The Morgan fingerprint density at radius 2 is 1.95 bits per heavy atom. The van der Waals surface area contributed by atoms with Crippen molar-refractivity contribution in [3.05, 3.63) is 69.7 Å². The van der Waals surface area contributed by atoms with Crippen LogP contribution in [0.4, 0.5) is 0 Å². The molecule has 0 aliphatic carbocycles. The van der Waals surface area contributed by atoms with Crippen molar-refractivity contribution < 1.29 is 10.1 Å². The molecule has 22 heavy (non-hydrogen) atoms. The van der Waals surface area contributed by atoms with Crippen LogP contribution in [0.5, 0.6) is 0 Å². The third-order valence-corrected chi connectivity index (χ3v) is 4.01. The highest BCUT2D eigenvalue weighted by atomic mass is 35.5. The molecule has 0 aromatic heterocycles. The number of hydrogen-bond acceptors (Lipinski definition) is 1. The zero-order valence-corrected chi connectivity index (χ0v) is 13.9. The van der Waals surface area contributed by atoms with E-state index in [1.165, 1.54) is 0 Å². The van der Waals surface area contributed by atoms with Gasteiger partial charge in [-0.1, -0.05) is 53.5 Å². The van der Waals surface area contributed by atoms with Crippen molar-refractivity contribution in [1.29, 1.82) is 0 Å². The molecule has 0 radical (unpaired) electrons. The summed E-state index contributed by atoms with van der Waals surface area (Å²) in [6.07, 6.45) is 0. The van der Waals surface area contributed by atoms with Crippen LogP contribution in [0.2, 0.25) is 10.0 Å². The van der Waals surface area contributed by atoms with Gasteiger partial charge in [-0.05, 0) is 30.7 Å². The van der Waals surface area contributed by atoms with Crippen LogP contribution in [0.3, 0.4) is 0 Å². The number of benzene rings is 2. The molecule has 0 fully saturated rings. The van der Waals surface area contributed by atoms with E-state index >= 15 is 0 Å². The lowest BCUT2D eigenvalue weighted by Crippen LogP contribution is -2.87. The van der Waals surface area contributed by atoms with Crippen LogP contribution >= 0.6 is 23.2 Å². The van der Waals surface area contributed by atoms with Crippen LogP contribution in [-0.2, 0) is 11.3 Å². The summed E-state index contributed by atoms with van der Waals surface area (Å²) in [6.45, 7) is 2.87. The van der Waals surface area contributed by atoms with Gasteiger partial charge in [0.2, 0.25) is 0 Å². The van der Waals surface area contributed by atoms with Crippen molar-refractivity contribution in [2.75, 3.05) is 6.54 Å². The predicted octanol–water partition coefficient (Wildman–Crippen LogP) is 2.93.